The van der Waals surface area contributed by atoms with Crippen molar-refractivity contribution >= 4 is 5.84 Å². The number of ether oxygens (including phenoxy) is 1. The predicted octanol–water partition coefficient (Wildman–Crippen LogP) is 1.88. The molecule has 0 saturated carbocycles. The van der Waals surface area contributed by atoms with Gasteiger partial charge in [-0.05, 0) is 24.6 Å². The average Bonchev–Trinajstić information content (AvgIpc) is 2.92. The van der Waals surface area contributed by atoms with Gasteiger partial charge in [0.15, 0.2) is 11.6 Å². The second-order valence-electron chi connectivity index (χ2n) is 4.90. The van der Waals surface area contributed by atoms with E-state index in [1.165, 1.54) is 6.07 Å². The Morgan fingerprint density at radius 2 is 2.33 bits per heavy atom. The third-order valence-electron chi connectivity index (χ3n) is 3.38. The van der Waals surface area contributed by atoms with Crippen LogP contribution in [0.25, 0.3) is 0 Å². The SMILES string of the molecule is Cn1ccnc1COc1ccc(C2=NCCCN2)cc1F. The number of nitrogens with zero attached hydrogens (tertiary/aromatic N) is 3. The van der Waals surface area contributed by atoms with E-state index in [0.717, 1.165) is 36.7 Å². The summed E-state index contributed by atoms with van der Waals surface area (Å²) in [7, 11) is 1.87. The molecule has 2 aromatic rings. The molecule has 3 rings (SSSR count). The van der Waals surface area contributed by atoms with E-state index in [1.807, 2.05) is 23.9 Å². The molecule has 1 aliphatic heterocycles. The van der Waals surface area contributed by atoms with Crippen molar-refractivity contribution in [3.05, 3.63) is 47.8 Å². The van der Waals surface area contributed by atoms with Crippen molar-refractivity contribution in [1.29, 1.82) is 0 Å². The van der Waals surface area contributed by atoms with Gasteiger partial charge in [-0.2, -0.15) is 0 Å². The van der Waals surface area contributed by atoms with E-state index < -0.39 is 5.82 Å². The van der Waals surface area contributed by atoms with Crippen LogP contribution in [0.15, 0.2) is 35.6 Å². The van der Waals surface area contributed by atoms with Gasteiger partial charge in [-0.15, -0.1) is 0 Å². The fourth-order valence-corrected chi connectivity index (χ4v) is 2.17. The van der Waals surface area contributed by atoms with E-state index in [0.29, 0.717) is 0 Å². The normalized spacial score (nSPS) is 14.5. The Labute approximate surface area is 122 Å². The van der Waals surface area contributed by atoms with Crippen LogP contribution in [0.2, 0.25) is 0 Å². The van der Waals surface area contributed by atoms with Crippen LogP contribution in [0.5, 0.6) is 5.75 Å². The summed E-state index contributed by atoms with van der Waals surface area (Å²) in [6, 6.07) is 4.89. The third kappa shape index (κ3) is 3.04. The largest absolute Gasteiger partial charge is 0.483 e. The molecule has 0 bridgehead atoms. The lowest BCUT2D eigenvalue weighted by atomic mass is 10.1. The first-order valence-electron chi connectivity index (χ1n) is 6.91. The number of nitrogens with one attached hydrogen (secondary N) is 1. The lowest BCUT2D eigenvalue weighted by Crippen LogP contribution is -2.30. The van der Waals surface area contributed by atoms with Crippen molar-refractivity contribution in [1.82, 2.24) is 14.9 Å². The number of halogens is 1. The minimum absolute atomic E-state index is 0.221. The Bertz CT molecular complexity index is 665. The molecule has 0 amide bonds. The smallest absolute Gasteiger partial charge is 0.165 e. The van der Waals surface area contributed by atoms with E-state index in [2.05, 4.69) is 15.3 Å². The first kappa shape index (κ1) is 13.6. The van der Waals surface area contributed by atoms with Crippen molar-refractivity contribution < 1.29 is 9.13 Å². The number of imidazole rings is 1. The molecule has 1 N–H and O–H groups in total. The quantitative estimate of drug-likeness (QED) is 0.934. The summed E-state index contributed by atoms with van der Waals surface area (Å²) in [5.74, 6) is 1.32. The maximum atomic E-state index is 14.1. The summed E-state index contributed by atoms with van der Waals surface area (Å²) in [4.78, 5) is 8.49. The zero-order chi connectivity index (χ0) is 14.7. The lowest BCUT2D eigenvalue weighted by molar-refractivity contribution is 0.277. The van der Waals surface area contributed by atoms with Crippen LogP contribution in [-0.4, -0.2) is 28.5 Å². The number of benzene rings is 1. The second kappa shape index (κ2) is 5.95. The highest BCUT2D eigenvalue weighted by atomic mass is 19.1. The minimum atomic E-state index is -0.392. The number of aryl methyl sites for hydroxylation is 1. The summed E-state index contributed by atoms with van der Waals surface area (Å²) in [5, 5.41) is 3.17. The van der Waals surface area contributed by atoms with Gasteiger partial charge in [0.2, 0.25) is 0 Å². The van der Waals surface area contributed by atoms with Gasteiger partial charge in [0.25, 0.3) is 0 Å². The van der Waals surface area contributed by atoms with E-state index >= 15 is 0 Å². The predicted molar refractivity (Wildman–Crippen MR) is 78.0 cm³/mol. The topological polar surface area (TPSA) is 51.4 Å². The standard InChI is InChI=1S/C15H17FN4O/c1-20-8-7-17-14(20)10-21-13-4-3-11(9-12(13)16)15-18-5-2-6-19-15/h3-4,7-9H,2,5-6,10H2,1H3,(H,18,19). The van der Waals surface area contributed by atoms with Crippen LogP contribution in [0.3, 0.4) is 0 Å². The van der Waals surface area contributed by atoms with Gasteiger partial charge >= 0.3 is 0 Å². The van der Waals surface area contributed by atoms with Gasteiger partial charge in [0.05, 0.1) is 0 Å². The van der Waals surface area contributed by atoms with Gasteiger partial charge in [-0.1, -0.05) is 0 Å². The minimum Gasteiger partial charge on any atom is -0.483 e. The summed E-state index contributed by atoms with van der Waals surface area (Å²) in [6.45, 7) is 1.89. The average molecular weight is 288 g/mol. The van der Waals surface area contributed by atoms with Crippen LogP contribution >= 0.6 is 0 Å². The zero-order valence-electron chi connectivity index (χ0n) is 11.8. The Morgan fingerprint density at radius 3 is 3.00 bits per heavy atom. The molecule has 0 unspecified atom stereocenters. The van der Waals surface area contributed by atoms with Gasteiger partial charge < -0.3 is 14.6 Å². The highest BCUT2D eigenvalue weighted by Crippen LogP contribution is 2.20. The van der Waals surface area contributed by atoms with Crippen molar-refractivity contribution in [2.75, 3.05) is 13.1 Å². The molecule has 2 heterocycles. The molecular formula is C15H17FN4O. The van der Waals surface area contributed by atoms with Crippen molar-refractivity contribution in [3.63, 3.8) is 0 Å². The summed E-state index contributed by atoms with van der Waals surface area (Å²) in [6.07, 6.45) is 4.52. The van der Waals surface area contributed by atoms with Crippen molar-refractivity contribution in [2.24, 2.45) is 12.0 Å². The van der Waals surface area contributed by atoms with Gasteiger partial charge in [0.1, 0.15) is 18.3 Å². The Hall–Kier alpha value is -2.37. The molecule has 1 aromatic carbocycles. The fourth-order valence-electron chi connectivity index (χ4n) is 2.17. The molecule has 21 heavy (non-hydrogen) atoms. The summed E-state index contributed by atoms with van der Waals surface area (Å²) >= 11 is 0. The maximum absolute atomic E-state index is 14.1. The molecule has 0 saturated heterocycles. The highest BCUT2D eigenvalue weighted by Gasteiger charge is 2.11. The van der Waals surface area contributed by atoms with Crippen LogP contribution < -0.4 is 10.1 Å². The van der Waals surface area contributed by atoms with E-state index in [-0.39, 0.29) is 12.4 Å². The molecule has 1 aromatic heterocycles. The van der Waals surface area contributed by atoms with E-state index in [1.54, 1.807) is 12.3 Å². The fraction of sp³-hybridized carbons (Fsp3) is 0.333. The molecule has 6 heteroatoms. The van der Waals surface area contributed by atoms with Gasteiger partial charge in [-0.25, -0.2) is 9.37 Å². The number of rotatable bonds is 4. The summed E-state index contributed by atoms with van der Waals surface area (Å²) < 4.78 is 21.4. The summed E-state index contributed by atoms with van der Waals surface area (Å²) in [5.41, 5.74) is 0.747. The van der Waals surface area contributed by atoms with Crippen LogP contribution in [0, 0.1) is 5.82 Å². The maximum Gasteiger partial charge on any atom is 0.165 e. The highest BCUT2D eigenvalue weighted by molar-refractivity contribution is 5.99. The number of amidine groups is 1. The van der Waals surface area contributed by atoms with Crippen LogP contribution in [0.1, 0.15) is 17.8 Å². The van der Waals surface area contributed by atoms with Gasteiger partial charge in [0, 0.05) is 38.1 Å². The molecule has 0 radical (unpaired) electrons. The third-order valence-corrected chi connectivity index (χ3v) is 3.38. The first-order valence-corrected chi connectivity index (χ1v) is 6.91. The Balaban J connectivity index is 1.72. The molecule has 0 spiro atoms. The van der Waals surface area contributed by atoms with E-state index in [9.17, 15) is 4.39 Å². The monoisotopic (exact) mass is 288 g/mol. The van der Waals surface area contributed by atoms with E-state index in [4.69, 9.17) is 4.74 Å². The molecular weight excluding hydrogens is 271 g/mol. The Kier molecular flexibility index (Phi) is 3.85. The molecule has 0 aliphatic carbocycles. The molecule has 1 aliphatic rings. The van der Waals surface area contributed by atoms with Crippen molar-refractivity contribution in [3.8, 4) is 5.75 Å². The zero-order valence-corrected chi connectivity index (χ0v) is 11.8. The molecule has 0 atom stereocenters. The number of hydrogen-bond acceptors (Lipinski definition) is 4. The van der Waals surface area contributed by atoms with Crippen LogP contribution in [-0.2, 0) is 13.7 Å². The number of hydrogen-bond donors (Lipinski definition) is 1. The molecule has 0 fully saturated rings. The van der Waals surface area contributed by atoms with Gasteiger partial charge in [-0.3, -0.25) is 4.99 Å². The number of aromatic nitrogens is 2. The second-order valence-corrected chi connectivity index (χ2v) is 4.90. The lowest BCUT2D eigenvalue weighted by Gasteiger charge is -2.15. The Morgan fingerprint density at radius 1 is 1.43 bits per heavy atom. The first-order chi connectivity index (χ1) is 10.2. The number of aliphatic imine (C=N–C) groups is 1. The molecule has 110 valence electrons. The van der Waals surface area contributed by atoms with Crippen LogP contribution in [0.4, 0.5) is 4.39 Å². The van der Waals surface area contributed by atoms with Crippen molar-refractivity contribution in [2.45, 2.75) is 13.0 Å². The molecule has 5 nitrogen and oxygen atoms in total.